The first-order valence-corrected chi connectivity index (χ1v) is 7.57. The number of nitro groups is 1. The Kier molecular flexibility index (Phi) is 4.39. The highest BCUT2D eigenvalue weighted by Crippen LogP contribution is 2.30. The van der Waals surface area contributed by atoms with Gasteiger partial charge in [0.1, 0.15) is 5.52 Å². The molecule has 0 saturated heterocycles. The molecular weight excluding hydrogens is 306 g/mol. The molecule has 1 heterocycles. The van der Waals surface area contributed by atoms with Gasteiger partial charge in [-0.2, -0.15) is 0 Å². The van der Waals surface area contributed by atoms with Gasteiger partial charge in [0.2, 0.25) is 0 Å². The van der Waals surface area contributed by atoms with E-state index in [-0.39, 0.29) is 12.2 Å². The number of aliphatic hydroxyl groups is 1. The number of hydrogen-bond acceptors (Lipinski definition) is 5. The molecule has 6 nitrogen and oxygen atoms in total. The van der Waals surface area contributed by atoms with Crippen molar-refractivity contribution in [3.63, 3.8) is 0 Å². The average Bonchev–Trinajstić information content (AvgIpc) is 2.59. The minimum Gasteiger partial charge on any atom is -0.387 e. The van der Waals surface area contributed by atoms with Crippen molar-refractivity contribution in [2.24, 2.45) is 0 Å². The van der Waals surface area contributed by atoms with E-state index >= 15 is 0 Å². The van der Waals surface area contributed by atoms with Crippen LogP contribution in [0.1, 0.15) is 17.2 Å². The smallest absolute Gasteiger partial charge is 0.278 e. The number of non-ortho nitro benzene ring substituents is 1. The fourth-order valence-corrected chi connectivity index (χ4v) is 2.66. The molecule has 1 unspecified atom stereocenters. The number of aliphatic hydroxyl groups excluding tert-OH is 1. The number of aryl methyl sites for hydroxylation is 1. The van der Waals surface area contributed by atoms with E-state index in [2.05, 4.69) is 10.3 Å². The van der Waals surface area contributed by atoms with Crippen LogP contribution < -0.4 is 5.32 Å². The summed E-state index contributed by atoms with van der Waals surface area (Å²) in [5, 5.41) is 25.1. The molecule has 0 spiro atoms. The van der Waals surface area contributed by atoms with Gasteiger partial charge in [0.15, 0.2) is 0 Å². The van der Waals surface area contributed by atoms with Crippen LogP contribution in [0.5, 0.6) is 0 Å². The number of benzene rings is 2. The van der Waals surface area contributed by atoms with Gasteiger partial charge >= 0.3 is 0 Å². The molecule has 0 fully saturated rings. The number of hydrogen-bond donors (Lipinski definition) is 2. The highest BCUT2D eigenvalue weighted by Gasteiger charge is 2.15. The maximum Gasteiger partial charge on any atom is 0.278 e. The Morgan fingerprint density at radius 1 is 1.25 bits per heavy atom. The Morgan fingerprint density at radius 3 is 2.83 bits per heavy atom. The van der Waals surface area contributed by atoms with Gasteiger partial charge in [0.05, 0.1) is 22.1 Å². The number of anilines is 1. The van der Waals surface area contributed by atoms with Crippen molar-refractivity contribution in [1.29, 1.82) is 0 Å². The second-order valence-corrected chi connectivity index (χ2v) is 5.60. The zero-order valence-electron chi connectivity index (χ0n) is 13.1. The van der Waals surface area contributed by atoms with Crippen LogP contribution in [0.3, 0.4) is 0 Å². The van der Waals surface area contributed by atoms with Crippen LogP contribution in [0.4, 0.5) is 11.4 Å². The van der Waals surface area contributed by atoms with Gasteiger partial charge in [-0.3, -0.25) is 15.1 Å². The summed E-state index contributed by atoms with van der Waals surface area (Å²) in [5.74, 6) is 0. The first-order valence-electron chi connectivity index (χ1n) is 7.57. The Bertz CT molecular complexity index is 896. The van der Waals surface area contributed by atoms with Crippen LogP contribution in [0.15, 0.2) is 54.7 Å². The molecule has 1 atom stereocenters. The van der Waals surface area contributed by atoms with Crippen LogP contribution in [0.25, 0.3) is 10.9 Å². The lowest BCUT2D eigenvalue weighted by Crippen LogP contribution is -2.12. The SMILES string of the molecule is Cc1cccc(C(O)CNc2ccc([N+](=O)[O-])c3cccnc23)c1. The van der Waals surface area contributed by atoms with Gasteiger partial charge in [0.25, 0.3) is 5.69 Å². The molecule has 2 N–H and O–H groups in total. The topological polar surface area (TPSA) is 88.3 Å². The molecule has 0 aliphatic rings. The first-order chi connectivity index (χ1) is 11.6. The minimum atomic E-state index is -0.682. The van der Waals surface area contributed by atoms with E-state index in [0.29, 0.717) is 16.6 Å². The molecule has 3 aromatic rings. The van der Waals surface area contributed by atoms with Crippen LogP contribution in [0.2, 0.25) is 0 Å². The van der Waals surface area contributed by atoms with Gasteiger partial charge in [0, 0.05) is 18.8 Å². The quantitative estimate of drug-likeness (QED) is 0.553. The van der Waals surface area contributed by atoms with Gasteiger partial charge in [-0.05, 0) is 30.7 Å². The second-order valence-electron chi connectivity index (χ2n) is 5.60. The lowest BCUT2D eigenvalue weighted by atomic mass is 10.1. The van der Waals surface area contributed by atoms with E-state index < -0.39 is 11.0 Å². The van der Waals surface area contributed by atoms with Gasteiger partial charge in [-0.1, -0.05) is 29.8 Å². The minimum absolute atomic E-state index is 0.0166. The van der Waals surface area contributed by atoms with E-state index in [9.17, 15) is 15.2 Å². The maximum absolute atomic E-state index is 11.1. The number of pyridine rings is 1. The second kappa shape index (κ2) is 6.64. The molecule has 0 radical (unpaired) electrons. The van der Waals surface area contributed by atoms with Crippen molar-refractivity contribution in [3.8, 4) is 0 Å². The third-order valence-corrected chi connectivity index (χ3v) is 3.86. The molecule has 1 aromatic heterocycles. The third kappa shape index (κ3) is 3.18. The normalized spacial score (nSPS) is 12.1. The van der Waals surface area contributed by atoms with Crippen LogP contribution in [0, 0.1) is 17.0 Å². The summed E-state index contributed by atoms with van der Waals surface area (Å²) in [7, 11) is 0. The van der Waals surface area contributed by atoms with Crippen molar-refractivity contribution in [2.75, 3.05) is 11.9 Å². The summed E-state index contributed by atoms with van der Waals surface area (Å²) in [6, 6.07) is 14.1. The Balaban J connectivity index is 1.86. The number of nitrogens with one attached hydrogen (secondary N) is 1. The molecule has 0 saturated carbocycles. The Hall–Kier alpha value is -2.99. The molecule has 0 aliphatic carbocycles. The average molecular weight is 323 g/mol. The van der Waals surface area contributed by atoms with Gasteiger partial charge in [-0.15, -0.1) is 0 Å². The molecule has 0 bridgehead atoms. The maximum atomic E-state index is 11.1. The fourth-order valence-electron chi connectivity index (χ4n) is 2.66. The van der Waals surface area contributed by atoms with Crippen molar-refractivity contribution < 1.29 is 10.0 Å². The molecule has 0 aliphatic heterocycles. The summed E-state index contributed by atoms with van der Waals surface area (Å²) in [5.41, 5.74) is 3.09. The lowest BCUT2D eigenvalue weighted by Gasteiger charge is -2.15. The molecule has 6 heteroatoms. The summed E-state index contributed by atoms with van der Waals surface area (Å²) in [6.07, 6.45) is 0.910. The number of rotatable bonds is 5. The number of nitrogens with zero attached hydrogens (tertiary/aromatic N) is 2. The summed E-state index contributed by atoms with van der Waals surface area (Å²) in [4.78, 5) is 14.9. The number of aromatic nitrogens is 1. The largest absolute Gasteiger partial charge is 0.387 e. The Labute approximate surface area is 138 Å². The molecule has 0 amide bonds. The molecule has 24 heavy (non-hydrogen) atoms. The highest BCUT2D eigenvalue weighted by molar-refractivity contribution is 5.96. The van der Waals surface area contributed by atoms with E-state index in [1.807, 2.05) is 31.2 Å². The standard InChI is InChI=1S/C18H17N3O3/c1-12-4-2-5-13(10-12)17(22)11-20-15-7-8-16(21(23)24)14-6-3-9-19-18(14)15/h2-10,17,20,22H,11H2,1H3. The van der Waals surface area contributed by atoms with E-state index in [1.54, 1.807) is 24.4 Å². The van der Waals surface area contributed by atoms with Crippen LogP contribution >= 0.6 is 0 Å². The predicted molar refractivity (Wildman–Crippen MR) is 93.0 cm³/mol. The molecule has 3 rings (SSSR count). The van der Waals surface area contributed by atoms with E-state index in [0.717, 1.165) is 11.1 Å². The molecular formula is C18H17N3O3. The van der Waals surface area contributed by atoms with Gasteiger partial charge < -0.3 is 10.4 Å². The van der Waals surface area contributed by atoms with Crippen molar-refractivity contribution in [3.05, 3.63) is 76.0 Å². The zero-order valence-corrected chi connectivity index (χ0v) is 13.1. The van der Waals surface area contributed by atoms with Crippen molar-refractivity contribution in [2.45, 2.75) is 13.0 Å². The summed E-state index contributed by atoms with van der Waals surface area (Å²) >= 11 is 0. The number of nitro benzene ring substituents is 1. The summed E-state index contributed by atoms with van der Waals surface area (Å²) in [6.45, 7) is 2.25. The third-order valence-electron chi connectivity index (χ3n) is 3.86. The predicted octanol–water partition coefficient (Wildman–Crippen LogP) is 3.60. The van der Waals surface area contributed by atoms with Crippen molar-refractivity contribution >= 4 is 22.3 Å². The number of fused-ring (bicyclic) bond motifs is 1. The first kappa shape index (κ1) is 15.9. The fraction of sp³-hybridized carbons (Fsp3) is 0.167. The monoisotopic (exact) mass is 323 g/mol. The molecule has 122 valence electrons. The Morgan fingerprint density at radius 2 is 2.08 bits per heavy atom. The zero-order chi connectivity index (χ0) is 17.1. The van der Waals surface area contributed by atoms with Crippen LogP contribution in [-0.2, 0) is 0 Å². The highest BCUT2D eigenvalue weighted by atomic mass is 16.6. The summed E-state index contributed by atoms with van der Waals surface area (Å²) < 4.78 is 0. The van der Waals surface area contributed by atoms with E-state index in [1.165, 1.54) is 6.07 Å². The van der Waals surface area contributed by atoms with E-state index in [4.69, 9.17) is 0 Å². The lowest BCUT2D eigenvalue weighted by molar-refractivity contribution is -0.383. The van der Waals surface area contributed by atoms with Crippen molar-refractivity contribution in [1.82, 2.24) is 4.98 Å². The molecule has 2 aromatic carbocycles. The van der Waals surface area contributed by atoms with Gasteiger partial charge in [-0.25, -0.2) is 0 Å². The van der Waals surface area contributed by atoms with Crippen LogP contribution in [-0.4, -0.2) is 21.6 Å².